The third kappa shape index (κ3) is 5.58. The van der Waals surface area contributed by atoms with Gasteiger partial charge < -0.3 is 15.1 Å². The summed E-state index contributed by atoms with van der Waals surface area (Å²) in [5, 5.41) is 2.98. The van der Waals surface area contributed by atoms with E-state index >= 15 is 0 Å². The molecule has 1 saturated heterocycles. The lowest BCUT2D eigenvalue weighted by atomic mass is 10.1. The minimum atomic E-state index is -0.0621. The van der Waals surface area contributed by atoms with Crippen molar-refractivity contribution in [2.45, 2.75) is 26.3 Å². The van der Waals surface area contributed by atoms with E-state index in [-0.39, 0.29) is 11.9 Å². The first-order valence-electron chi connectivity index (χ1n) is 9.52. The van der Waals surface area contributed by atoms with Crippen molar-refractivity contribution < 1.29 is 9.59 Å². The highest BCUT2D eigenvalue weighted by molar-refractivity contribution is 5.79. The molecule has 3 amide bonds. The van der Waals surface area contributed by atoms with Crippen LogP contribution in [0.4, 0.5) is 4.79 Å². The van der Waals surface area contributed by atoms with E-state index < -0.39 is 0 Å². The molecule has 0 aliphatic carbocycles. The Labute approximate surface area is 161 Å². The van der Waals surface area contributed by atoms with E-state index in [4.69, 9.17) is 0 Å². The second kappa shape index (κ2) is 9.21. The van der Waals surface area contributed by atoms with Gasteiger partial charge in [-0.3, -0.25) is 4.79 Å². The highest BCUT2D eigenvalue weighted by Gasteiger charge is 2.21. The van der Waals surface area contributed by atoms with Gasteiger partial charge in [-0.1, -0.05) is 60.2 Å². The van der Waals surface area contributed by atoms with Gasteiger partial charge in [0.15, 0.2) is 0 Å². The first-order chi connectivity index (χ1) is 13.1. The van der Waals surface area contributed by atoms with E-state index in [1.54, 1.807) is 0 Å². The van der Waals surface area contributed by atoms with Gasteiger partial charge in [-0.15, -0.1) is 0 Å². The number of nitrogens with zero attached hydrogens (tertiary/aromatic N) is 2. The number of hydrogen-bond donors (Lipinski definition) is 1. The van der Waals surface area contributed by atoms with E-state index in [9.17, 15) is 9.59 Å². The van der Waals surface area contributed by atoms with Crippen molar-refractivity contribution in [3.05, 3.63) is 71.3 Å². The standard InChI is InChI=1S/C22H27N3O2/c1-18-8-10-20(11-9-18)17-23-22(27)25-13-5-12-24(14-15-25)21(26)16-19-6-3-2-4-7-19/h2-4,6-11H,5,12-17H2,1H3,(H,23,27). The van der Waals surface area contributed by atoms with Gasteiger partial charge in [-0.25, -0.2) is 4.79 Å². The van der Waals surface area contributed by atoms with Crippen LogP contribution in [0.3, 0.4) is 0 Å². The Hall–Kier alpha value is -2.82. The summed E-state index contributed by atoms with van der Waals surface area (Å²) in [4.78, 5) is 28.7. The smallest absolute Gasteiger partial charge is 0.317 e. The third-order valence-corrected chi connectivity index (χ3v) is 4.90. The van der Waals surface area contributed by atoms with Crippen molar-refractivity contribution in [3.8, 4) is 0 Å². The van der Waals surface area contributed by atoms with Crippen LogP contribution in [-0.2, 0) is 17.8 Å². The monoisotopic (exact) mass is 365 g/mol. The summed E-state index contributed by atoms with van der Waals surface area (Å²) in [6.07, 6.45) is 1.22. The number of nitrogens with one attached hydrogen (secondary N) is 1. The normalized spacial score (nSPS) is 14.6. The van der Waals surface area contributed by atoms with Gasteiger partial charge >= 0.3 is 6.03 Å². The molecule has 5 nitrogen and oxygen atoms in total. The van der Waals surface area contributed by atoms with Crippen LogP contribution in [0.5, 0.6) is 0 Å². The second-order valence-corrected chi connectivity index (χ2v) is 7.03. The lowest BCUT2D eigenvalue weighted by molar-refractivity contribution is -0.130. The predicted molar refractivity (Wildman–Crippen MR) is 106 cm³/mol. The molecule has 142 valence electrons. The van der Waals surface area contributed by atoms with E-state index in [0.29, 0.717) is 39.1 Å². The molecule has 0 atom stereocenters. The lowest BCUT2D eigenvalue weighted by Gasteiger charge is -2.22. The number of hydrogen-bond acceptors (Lipinski definition) is 2. The number of aryl methyl sites for hydroxylation is 1. The number of urea groups is 1. The Bertz CT molecular complexity index is 759. The van der Waals surface area contributed by atoms with Crippen LogP contribution in [0.25, 0.3) is 0 Å². The number of carbonyl (C=O) groups is 2. The van der Waals surface area contributed by atoms with Crippen LogP contribution >= 0.6 is 0 Å². The van der Waals surface area contributed by atoms with E-state index in [2.05, 4.69) is 5.32 Å². The lowest BCUT2D eigenvalue weighted by Crippen LogP contribution is -2.42. The maximum atomic E-state index is 12.5. The Morgan fingerprint density at radius 3 is 2.26 bits per heavy atom. The summed E-state index contributed by atoms with van der Waals surface area (Å²) >= 11 is 0. The molecule has 3 rings (SSSR count). The number of benzene rings is 2. The minimum absolute atomic E-state index is 0.0621. The van der Waals surface area contributed by atoms with Crippen molar-refractivity contribution in [3.63, 3.8) is 0 Å². The quantitative estimate of drug-likeness (QED) is 0.906. The van der Waals surface area contributed by atoms with Gasteiger partial charge in [0.2, 0.25) is 5.91 Å². The van der Waals surface area contributed by atoms with E-state index in [0.717, 1.165) is 17.5 Å². The van der Waals surface area contributed by atoms with Gasteiger partial charge in [-0.05, 0) is 24.5 Å². The van der Waals surface area contributed by atoms with Crippen LogP contribution in [0, 0.1) is 6.92 Å². The van der Waals surface area contributed by atoms with Crippen molar-refractivity contribution in [2.24, 2.45) is 0 Å². The molecule has 2 aromatic carbocycles. The molecule has 0 radical (unpaired) electrons. The van der Waals surface area contributed by atoms with Gasteiger partial charge in [0.25, 0.3) is 0 Å². The molecule has 0 bridgehead atoms. The number of rotatable bonds is 4. The van der Waals surface area contributed by atoms with E-state index in [1.807, 2.05) is 71.3 Å². The zero-order valence-electron chi connectivity index (χ0n) is 15.9. The summed E-state index contributed by atoms with van der Waals surface area (Å²) < 4.78 is 0. The van der Waals surface area contributed by atoms with Gasteiger partial charge in [0.1, 0.15) is 0 Å². The largest absolute Gasteiger partial charge is 0.341 e. The van der Waals surface area contributed by atoms with Gasteiger partial charge in [-0.2, -0.15) is 0 Å². The third-order valence-electron chi connectivity index (χ3n) is 4.90. The van der Waals surface area contributed by atoms with Crippen LogP contribution < -0.4 is 5.32 Å². The minimum Gasteiger partial charge on any atom is -0.341 e. The summed E-state index contributed by atoms with van der Waals surface area (Å²) in [5.74, 6) is 0.128. The fraction of sp³-hybridized carbons (Fsp3) is 0.364. The summed E-state index contributed by atoms with van der Waals surface area (Å²) in [6, 6.07) is 17.9. The van der Waals surface area contributed by atoms with Crippen LogP contribution in [-0.4, -0.2) is 47.9 Å². The average molecular weight is 365 g/mol. The number of carbonyl (C=O) groups excluding carboxylic acids is 2. The molecule has 1 fully saturated rings. The molecular weight excluding hydrogens is 338 g/mol. The molecule has 0 saturated carbocycles. The maximum absolute atomic E-state index is 12.5. The van der Waals surface area contributed by atoms with E-state index in [1.165, 1.54) is 5.56 Å². The van der Waals surface area contributed by atoms with Crippen LogP contribution in [0.15, 0.2) is 54.6 Å². The zero-order valence-corrected chi connectivity index (χ0v) is 15.9. The summed E-state index contributed by atoms with van der Waals surface area (Å²) in [5.41, 5.74) is 3.32. The summed E-state index contributed by atoms with van der Waals surface area (Å²) in [6.45, 7) is 5.10. The zero-order chi connectivity index (χ0) is 19.1. The first kappa shape index (κ1) is 19.0. The van der Waals surface area contributed by atoms with Crippen LogP contribution in [0.2, 0.25) is 0 Å². The molecule has 0 aromatic heterocycles. The highest BCUT2D eigenvalue weighted by Crippen LogP contribution is 2.08. The fourth-order valence-electron chi connectivity index (χ4n) is 3.25. The van der Waals surface area contributed by atoms with Crippen molar-refractivity contribution in [2.75, 3.05) is 26.2 Å². The fourth-order valence-corrected chi connectivity index (χ4v) is 3.25. The molecular formula is C22H27N3O2. The Balaban J connectivity index is 1.47. The van der Waals surface area contributed by atoms with Gasteiger partial charge in [0, 0.05) is 32.7 Å². The molecule has 1 aliphatic heterocycles. The highest BCUT2D eigenvalue weighted by atomic mass is 16.2. The van der Waals surface area contributed by atoms with Crippen LogP contribution in [0.1, 0.15) is 23.1 Å². The Morgan fingerprint density at radius 1 is 0.852 bits per heavy atom. The molecule has 5 heteroatoms. The predicted octanol–water partition coefficient (Wildman–Crippen LogP) is 2.98. The van der Waals surface area contributed by atoms with Crippen molar-refractivity contribution in [1.82, 2.24) is 15.1 Å². The SMILES string of the molecule is Cc1ccc(CNC(=O)N2CCCN(C(=O)Cc3ccccc3)CC2)cc1. The number of amides is 3. The average Bonchev–Trinajstić information content (AvgIpc) is 2.94. The molecule has 1 aliphatic rings. The topological polar surface area (TPSA) is 52.7 Å². The van der Waals surface area contributed by atoms with Gasteiger partial charge in [0.05, 0.1) is 6.42 Å². The van der Waals surface area contributed by atoms with Crippen molar-refractivity contribution in [1.29, 1.82) is 0 Å². The molecule has 27 heavy (non-hydrogen) atoms. The molecule has 0 unspecified atom stereocenters. The second-order valence-electron chi connectivity index (χ2n) is 7.03. The summed E-state index contributed by atoms with van der Waals surface area (Å²) in [7, 11) is 0. The molecule has 1 N–H and O–H groups in total. The molecule has 2 aromatic rings. The Kier molecular flexibility index (Phi) is 6.47. The Morgan fingerprint density at radius 2 is 1.52 bits per heavy atom. The molecule has 0 spiro atoms. The maximum Gasteiger partial charge on any atom is 0.317 e. The molecule has 1 heterocycles. The first-order valence-corrected chi connectivity index (χ1v) is 9.52. The van der Waals surface area contributed by atoms with Crippen molar-refractivity contribution >= 4 is 11.9 Å².